The van der Waals surface area contributed by atoms with Gasteiger partial charge in [0, 0.05) is 11.9 Å². The Labute approximate surface area is 113 Å². The van der Waals surface area contributed by atoms with E-state index in [4.69, 9.17) is 0 Å². The summed E-state index contributed by atoms with van der Waals surface area (Å²) in [5, 5.41) is 5.81. The minimum atomic E-state index is -3.19. The lowest BCUT2D eigenvalue weighted by molar-refractivity contribution is -0.115. The standard InChI is InChI=1S/C13H18N2O3S/c1-19(17,18)12-6-4-11(5-7-12)15-13(16)9-14-8-10-2-3-10/h4-7,10,14H,2-3,8-9H2,1H3,(H,15,16). The quantitative estimate of drug-likeness (QED) is 0.817. The molecule has 1 aliphatic carbocycles. The van der Waals surface area contributed by atoms with Crippen LogP contribution in [0.5, 0.6) is 0 Å². The van der Waals surface area contributed by atoms with Crippen LogP contribution in [0.2, 0.25) is 0 Å². The first kappa shape index (κ1) is 14.0. The predicted octanol–water partition coefficient (Wildman–Crippen LogP) is 1.03. The molecule has 2 rings (SSSR count). The molecule has 0 aliphatic heterocycles. The molecule has 1 aromatic rings. The maximum Gasteiger partial charge on any atom is 0.238 e. The Morgan fingerprint density at radius 3 is 2.42 bits per heavy atom. The average molecular weight is 282 g/mol. The number of amides is 1. The number of nitrogens with one attached hydrogen (secondary N) is 2. The Bertz CT molecular complexity index is 548. The molecule has 0 atom stereocenters. The highest BCUT2D eigenvalue weighted by molar-refractivity contribution is 7.90. The van der Waals surface area contributed by atoms with Crippen LogP contribution in [-0.2, 0) is 14.6 Å². The van der Waals surface area contributed by atoms with Crippen molar-refractivity contribution in [3.8, 4) is 0 Å². The second-order valence-electron chi connectivity index (χ2n) is 4.92. The smallest absolute Gasteiger partial charge is 0.238 e. The minimum absolute atomic E-state index is 0.118. The first-order valence-corrected chi connectivity index (χ1v) is 8.15. The van der Waals surface area contributed by atoms with Gasteiger partial charge in [0.25, 0.3) is 0 Å². The third-order valence-electron chi connectivity index (χ3n) is 2.98. The summed E-state index contributed by atoms with van der Waals surface area (Å²) in [5.74, 6) is 0.620. The molecular formula is C13H18N2O3S. The fourth-order valence-corrected chi connectivity index (χ4v) is 2.33. The van der Waals surface area contributed by atoms with E-state index in [9.17, 15) is 13.2 Å². The molecule has 1 fully saturated rings. The molecule has 0 radical (unpaired) electrons. The molecule has 19 heavy (non-hydrogen) atoms. The van der Waals surface area contributed by atoms with Crippen molar-refractivity contribution in [2.45, 2.75) is 17.7 Å². The van der Waals surface area contributed by atoms with E-state index in [1.807, 2.05) is 0 Å². The highest BCUT2D eigenvalue weighted by Gasteiger charge is 2.20. The molecule has 0 unspecified atom stereocenters. The van der Waals surface area contributed by atoms with E-state index in [2.05, 4.69) is 10.6 Å². The van der Waals surface area contributed by atoms with Gasteiger partial charge in [-0.1, -0.05) is 0 Å². The third-order valence-corrected chi connectivity index (χ3v) is 4.11. The molecule has 0 aromatic heterocycles. The molecule has 1 aromatic carbocycles. The second-order valence-corrected chi connectivity index (χ2v) is 6.93. The van der Waals surface area contributed by atoms with Crippen LogP contribution in [0.3, 0.4) is 0 Å². The molecule has 0 spiro atoms. The molecule has 1 aliphatic rings. The first-order valence-electron chi connectivity index (χ1n) is 6.26. The van der Waals surface area contributed by atoms with E-state index in [0.717, 1.165) is 18.7 Å². The highest BCUT2D eigenvalue weighted by atomic mass is 32.2. The third kappa shape index (κ3) is 4.65. The van der Waals surface area contributed by atoms with Crippen molar-refractivity contribution in [1.29, 1.82) is 0 Å². The Morgan fingerprint density at radius 1 is 1.26 bits per heavy atom. The molecule has 5 nitrogen and oxygen atoms in total. The van der Waals surface area contributed by atoms with Crippen molar-refractivity contribution < 1.29 is 13.2 Å². The lowest BCUT2D eigenvalue weighted by Gasteiger charge is -2.07. The van der Waals surface area contributed by atoms with Crippen LogP contribution in [0, 0.1) is 5.92 Å². The number of sulfone groups is 1. The van der Waals surface area contributed by atoms with E-state index >= 15 is 0 Å². The van der Waals surface area contributed by atoms with Crippen LogP contribution >= 0.6 is 0 Å². The van der Waals surface area contributed by atoms with Gasteiger partial charge >= 0.3 is 0 Å². The van der Waals surface area contributed by atoms with Gasteiger partial charge in [0.05, 0.1) is 11.4 Å². The summed E-state index contributed by atoms with van der Waals surface area (Å²) in [4.78, 5) is 11.9. The van der Waals surface area contributed by atoms with Crippen LogP contribution < -0.4 is 10.6 Å². The van der Waals surface area contributed by atoms with Crippen molar-refractivity contribution in [2.75, 3.05) is 24.7 Å². The van der Waals surface area contributed by atoms with Crippen LogP contribution in [0.1, 0.15) is 12.8 Å². The maximum atomic E-state index is 11.6. The summed E-state index contributed by atoms with van der Waals surface area (Å²) in [5.41, 5.74) is 0.602. The molecular weight excluding hydrogens is 264 g/mol. The van der Waals surface area contributed by atoms with Gasteiger partial charge < -0.3 is 10.6 Å². The minimum Gasteiger partial charge on any atom is -0.325 e. The average Bonchev–Trinajstić information content (AvgIpc) is 3.12. The van der Waals surface area contributed by atoms with E-state index in [1.54, 1.807) is 12.1 Å². The van der Waals surface area contributed by atoms with Gasteiger partial charge in [-0.3, -0.25) is 4.79 Å². The lowest BCUT2D eigenvalue weighted by atomic mass is 10.3. The zero-order chi connectivity index (χ0) is 13.9. The topological polar surface area (TPSA) is 75.3 Å². The molecule has 0 saturated heterocycles. The van der Waals surface area contributed by atoms with Gasteiger partial charge in [-0.05, 0) is 49.6 Å². The van der Waals surface area contributed by atoms with Crippen LogP contribution in [0.4, 0.5) is 5.69 Å². The van der Waals surface area contributed by atoms with E-state index in [1.165, 1.54) is 25.0 Å². The van der Waals surface area contributed by atoms with Crippen molar-refractivity contribution in [3.63, 3.8) is 0 Å². The summed E-state index contributed by atoms with van der Waals surface area (Å²) in [7, 11) is -3.19. The number of benzene rings is 1. The fourth-order valence-electron chi connectivity index (χ4n) is 1.70. The number of hydrogen-bond donors (Lipinski definition) is 2. The molecule has 1 amide bonds. The molecule has 6 heteroatoms. The zero-order valence-corrected chi connectivity index (χ0v) is 11.7. The fraction of sp³-hybridized carbons (Fsp3) is 0.462. The Hall–Kier alpha value is -1.40. The van der Waals surface area contributed by atoms with Crippen molar-refractivity contribution >= 4 is 21.4 Å². The van der Waals surface area contributed by atoms with Gasteiger partial charge in [0.15, 0.2) is 9.84 Å². The summed E-state index contributed by atoms with van der Waals surface area (Å²) in [6, 6.07) is 6.16. The van der Waals surface area contributed by atoms with Crippen molar-refractivity contribution in [2.24, 2.45) is 5.92 Å². The van der Waals surface area contributed by atoms with Gasteiger partial charge in [0.2, 0.25) is 5.91 Å². The number of anilines is 1. The molecule has 0 bridgehead atoms. The summed E-state index contributed by atoms with van der Waals surface area (Å²) < 4.78 is 22.6. The molecule has 2 N–H and O–H groups in total. The lowest BCUT2D eigenvalue weighted by Crippen LogP contribution is -2.29. The summed E-state index contributed by atoms with van der Waals surface area (Å²) in [6.07, 6.45) is 3.66. The molecule has 0 heterocycles. The highest BCUT2D eigenvalue weighted by Crippen LogP contribution is 2.27. The summed E-state index contributed by atoms with van der Waals surface area (Å²) >= 11 is 0. The number of carbonyl (C=O) groups is 1. The van der Waals surface area contributed by atoms with Gasteiger partial charge in [0.1, 0.15) is 0 Å². The van der Waals surface area contributed by atoms with Gasteiger partial charge in [-0.25, -0.2) is 8.42 Å². The number of hydrogen-bond acceptors (Lipinski definition) is 4. The van der Waals surface area contributed by atoms with Crippen molar-refractivity contribution in [1.82, 2.24) is 5.32 Å². The largest absolute Gasteiger partial charge is 0.325 e. The van der Waals surface area contributed by atoms with Crippen LogP contribution in [-0.4, -0.2) is 33.7 Å². The van der Waals surface area contributed by atoms with Gasteiger partial charge in [-0.15, -0.1) is 0 Å². The van der Waals surface area contributed by atoms with E-state index < -0.39 is 9.84 Å². The van der Waals surface area contributed by atoms with E-state index in [0.29, 0.717) is 5.69 Å². The Morgan fingerprint density at radius 2 is 1.89 bits per heavy atom. The summed E-state index contributed by atoms with van der Waals surface area (Å²) in [6.45, 7) is 1.17. The normalized spacial score (nSPS) is 15.2. The molecule has 104 valence electrons. The van der Waals surface area contributed by atoms with E-state index in [-0.39, 0.29) is 17.3 Å². The monoisotopic (exact) mass is 282 g/mol. The SMILES string of the molecule is CS(=O)(=O)c1ccc(NC(=O)CNCC2CC2)cc1. The number of carbonyl (C=O) groups excluding carboxylic acids is 1. The number of rotatable bonds is 6. The van der Waals surface area contributed by atoms with Crippen molar-refractivity contribution in [3.05, 3.63) is 24.3 Å². The Kier molecular flexibility index (Phi) is 4.21. The van der Waals surface area contributed by atoms with Gasteiger partial charge in [-0.2, -0.15) is 0 Å². The Balaban J connectivity index is 1.82. The maximum absolute atomic E-state index is 11.6. The van der Waals surface area contributed by atoms with Crippen LogP contribution in [0.25, 0.3) is 0 Å². The first-order chi connectivity index (χ1) is 8.95. The molecule has 1 saturated carbocycles. The predicted molar refractivity (Wildman–Crippen MR) is 73.8 cm³/mol. The van der Waals surface area contributed by atoms with Crippen LogP contribution in [0.15, 0.2) is 29.2 Å². The second kappa shape index (κ2) is 5.71. The zero-order valence-electron chi connectivity index (χ0n) is 10.8.